The van der Waals surface area contributed by atoms with Crippen LogP contribution in [-0.2, 0) is 9.47 Å². The molecule has 1 N–H and O–H groups in total. The molecule has 80 valence electrons. The molecule has 0 spiro atoms. The molecule has 14 heavy (non-hydrogen) atoms. The van der Waals surface area contributed by atoms with E-state index in [0.29, 0.717) is 6.61 Å². The minimum Gasteiger partial charge on any atom is -0.395 e. The van der Waals surface area contributed by atoms with Gasteiger partial charge < -0.3 is 14.6 Å². The maximum absolute atomic E-state index is 9.46. The fourth-order valence-electron chi connectivity index (χ4n) is 2.43. The second kappa shape index (κ2) is 3.30. The molecule has 3 nitrogen and oxygen atoms in total. The normalized spacial score (nSPS) is 46.6. The highest BCUT2D eigenvalue weighted by atomic mass is 79.9. The predicted octanol–water partition coefficient (Wildman–Crippen LogP) is 1.45. The molecule has 0 aromatic carbocycles. The van der Waals surface area contributed by atoms with Gasteiger partial charge in [0.2, 0.25) is 0 Å². The molecule has 1 saturated heterocycles. The van der Waals surface area contributed by atoms with E-state index in [1.807, 2.05) is 6.92 Å². The van der Waals surface area contributed by atoms with Gasteiger partial charge in [0.25, 0.3) is 0 Å². The third-order valence-electron chi connectivity index (χ3n) is 3.18. The first kappa shape index (κ1) is 10.6. The molecule has 1 aliphatic carbocycles. The van der Waals surface area contributed by atoms with Crippen LogP contribution in [0, 0.1) is 5.41 Å². The zero-order valence-electron chi connectivity index (χ0n) is 8.42. The Hall–Kier alpha value is 0.100. The lowest BCUT2D eigenvalue weighted by atomic mass is 9.77. The van der Waals surface area contributed by atoms with Crippen molar-refractivity contribution < 1.29 is 14.6 Å². The maximum Gasteiger partial charge on any atom is 0.185 e. The van der Waals surface area contributed by atoms with Crippen LogP contribution in [0.15, 0.2) is 11.6 Å². The molecule has 1 aliphatic heterocycles. The third-order valence-corrected chi connectivity index (χ3v) is 4.78. The predicted molar refractivity (Wildman–Crippen MR) is 56.3 cm³/mol. The first-order valence-electron chi connectivity index (χ1n) is 4.71. The molecular weight excluding hydrogens is 248 g/mol. The van der Waals surface area contributed by atoms with E-state index in [-0.39, 0.29) is 16.8 Å². The Morgan fingerprint density at radius 2 is 2.50 bits per heavy atom. The summed E-state index contributed by atoms with van der Waals surface area (Å²) >= 11 is 3.59. The van der Waals surface area contributed by atoms with E-state index >= 15 is 0 Å². The van der Waals surface area contributed by atoms with Gasteiger partial charge in [0, 0.05) is 13.5 Å². The Labute approximate surface area is 92.2 Å². The lowest BCUT2D eigenvalue weighted by Gasteiger charge is -2.38. The minimum absolute atomic E-state index is 0.0289. The van der Waals surface area contributed by atoms with Crippen molar-refractivity contribution >= 4 is 15.9 Å². The highest BCUT2D eigenvalue weighted by molar-refractivity contribution is 9.09. The van der Waals surface area contributed by atoms with Gasteiger partial charge in [-0.2, -0.15) is 0 Å². The molecule has 1 fully saturated rings. The van der Waals surface area contributed by atoms with E-state index in [9.17, 15) is 5.11 Å². The van der Waals surface area contributed by atoms with Crippen LogP contribution in [0.1, 0.15) is 13.3 Å². The summed E-state index contributed by atoms with van der Waals surface area (Å²) in [4.78, 5) is 0.0289. The van der Waals surface area contributed by atoms with Crippen LogP contribution in [0.5, 0.6) is 0 Å². The number of rotatable bonds is 2. The first-order valence-corrected chi connectivity index (χ1v) is 5.62. The summed E-state index contributed by atoms with van der Waals surface area (Å²) in [5.41, 5.74) is 0.910. The minimum atomic E-state index is -0.582. The highest BCUT2D eigenvalue weighted by Crippen LogP contribution is 2.52. The van der Waals surface area contributed by atoms with Gasteiger partial charge in [-0.05, 0) is 6.92 Å². The summed E-state index contributed by atoms with van der Waals surface area (Å²) in [5.74, 6) is -0.582. The van der Waals surface area contributed by atoms with Crippen LogP contribution in [0.4, 0.5) is 0 Å². The van der Waals surface area contributed by atoms with E-state index in [4.69, 9.17) is 9.47 Å². The Morgan fingerprint density at radius 1 is 1.79 bits per heavy atom. The molecule has 2 rings (SSSR count). The fraction of sp³-hybridized carbons (Fsp3) is 0.800. The lowest BCUT2D eigenvalue weighted by molar-refractivity contribution is -0.187. The fourth-order valence-corrected chi connectivity index (χ4v) is 3.32. The van der Waals surface area contributed by atoms with Crippen LogP contribution >= 0.6 is 15.9 Å². The van der Waals surface area contributed by atoms with Gasteiger partial charge >= 0.3 is 0 Å². The van der Waals surface area contributed by atoms with E-state index in [0.717, 1.165) is 6.42 Å². The average Bonchev–Trinajstić information content (AvgIpc) is 2.36. The van der Waals surface area contributed by atoms with Gasteiger partial charge in [-0.15, -0.1) is 0 Å². The molecule has 0 aromatic heterocycles. The van der Waals surface area contributed by atoms with Crippen molar-refractivity contribution in [2.24, 2.45) is 5.41 Å². The van der Waals surface area contributed by atoms with Crippen LogP contribution in [0.2, 0.25) is 0 Å². The molecule has 2 aliphatic rings. The standard InChI is InChI=1S/C10H15BrO3/c1-7-3-9(5-12)6-14-10(4-7,13-2)8(9)11/h3,8,12H,4-6H2,1-2H3/t8-,9+,10-/m0/s1. The van der Waals surface area contributed by atoms with Crippen LogP contribution in [0.25, 0.3) is 0 Å². The van der Waals surface area contributed by atoms with Crippen molar-refractivity contribution in [3.63, 3.8) is 0 Å². The topological polar surface area (TPSA) is 38.7 Å². The summed E-state index contributed by atoms with van der Waals surface area (Å²) in [6.45, 7) is 2.65. The molecule has 0 radical (unpaired) electrons. The molecule has 0 aromatic rings. The summed E-state index contributed by atoms with van der Waals surface area (Å²) in [5, 5.41) is 9.46. The van der Waals surface area contributed by atoms with Crippen molar-refractivity contribution in [3.8, 4) is 0 Å². The van der Waals surface area contributed by atoms with E-state index in [1.54, 1.807) is 7.11 Å². The molecular formula is C10H15BrO3. The number of halogens is 1. The Balaban J connectivity index is 2.42. The zero-order chi connectivity index (χ0) is 10.4. The Bertz CT molecular complexity index is 279. The average molecular weight is 263 g/mol. The number of fused-ring (bicyclic) bond motifs is 2. The van der Waals surface area contributed by atoms with E-state index in [2.05, 4.69) is 22.0 Å². The number of methoxy groups -OCH3 is 1. The largest absolute Gasteiger partial charge is 0.395 e. The molecule has 0 amide bonds. The van der Waals surface area contributed by atoms with Crippen molar-refractivity contribution in [1.82, 2.24) is 0 Å². The number of hydrogen-bond donors (Lipinski definition) is 1. The van der Waals surface area contributed by atoms with Crippen LogP contribution in [0.3, 0.4) is 0 Å². The van der Waals surface area contributed by atoms with Gasteiger partial charge in [-0.25, -0.2) is 0 Å². The SMILES string of the molecule is CO[C@@]12CC(C)=C[C@@](CO)(CO1)[C@@H]2Br. The number of aliphatic hydroxyl groups excluding tert-OH is 1. The summed E-state index contributed by atoms with van der Waals surface area (Å²) < 4.78 is 11.2. The van der Waals surface area contributed by atoms with Gasteiger partial charge in [-0.3, -0.25) is 0 Å². The van der Waals surface area contributed by atoms with Gasteiger partial charge in [0.15, 0.2) is 5.79 Å². The summed E-state index contributed by atoms with van der Waals surface area (Å²) in [6.07, 6.45) is 2.87. The van der Waals surface area contributed by atoms with E-state index < -0.39 is 5.79 Å². The van der Waals surface area contributed by atoms with Crippen LogP contribution < -0.4 is 0 Å². The molecule has 0 unspecified atom stereocenters. The van der Waals surface area contributed by atoms with Crippen LogP contribution in [-0.4, -0.2) is 36.0 Å². The maximum atomic E-state index is 9.46. The smallest absolute Gasteiger partial charge is 0.185 e. The number of aliphatic hydroxyl groups is 1. The monoisotopic (exact) mass is 262 g/mol. The van der Waals surface area contributed by atoms with Crippen molar-refractivity contribution in [2.45, 2.75) is 24.0 Å². The number of alkyl halides is 1. The van der Waals surface area contributed by atoms with Gasteiger partial charge in [0.1, 0.15) is 0 Å². The van der Waals surface area contributed by atoms with Crippen molar-refractivity contribution in [3.05, 3.63) is 11.6 Å². The van der Waals surface area contributed by atoms with Crippen molar-refractivity contribution in [1.29, 1.82) is 0 Å². The molecule has 3 atom stereocenters. The molecule has 2 bridgehead atoms. The summed E-state index contributed by atoms with van der Waals surface area (Å²) in [6, 6.07) is 0. The first-order chi connectivity index (χ1) is 6.58. The zero-order valence-corrected chi connectivity index (χ0v) is 10.0. The molecule has 0 saturated carbocycles. The van der Waals surface area contributed by atoms with Gasteiger partial charge in [-0.1, -0.05) is 27.6 Å². The number of hydrogen-bond acceptors (Lipinski definition) is 3. The second-order valence-corrected chi connectivity index (χ2v) is 5.14. The lowest BCUT2D eigenvalue weighted by Crippen LogP contribution is -2.47. The highest BCUT2D eigenvalue weighted by Gasteiger charge is 2.59. The van der Waals surface area contributed by atoms with Crippen molar-refractivity contribution in [2.75, 3.05) is 20.3 Å². The Kier molecular flexibility index (Phi) is 2.50. The number of ether oxygens (including phenoxy) is 2. The van der Waals surface area contributed by atoms with Gasteiger partial charge in [0.05, 0.1) is 23.5 Å². The van der Waals surface area contributed by atoms with E-state index in [1.165, 1.54) is 5.57 Å². The molecule has 1 heterocycles. The Morgan fingerprint density at radius 3 is 3.07 bits per heavy atom. The summed E-state index contributed by atoms with van der Waals surface area (Å²) in [7, 11) is 1.65. The quantitative estimate of drug-likeness (QED) is 0.605. The molecule has 4 heteroatoms. The third kappa shape index (κ3) is 1.21. The second-order valence-electron chi connectivity index (χ2n) is 4.23.